The average molecular weight is 238 g/mol. The second-order valence-corrected chi connectivity index (χ2v) is 3.87. The summed E-state index contributed by atoms with van der Waals surface area (Å²) in [5.41, 5.74) is 11.8. The molecule has 0 bridgehead atoms. The molecule has 0 aliphatic rings. The van der Waals surface area contributed by atoms with Gasteiger partial charge < -0.3 is 5.73 Å². The number of nitrogens with one attached hydrogen (secondary N) is 2. The van der Waals surface area contributed by atoms with E-state index < -0.39 is 6.03 Å². The zero-order chi connectivity index (χ0) is 12.0. The standard InChI is InChI=1S/C10H14N4OS/c1-7-3-5-8(6-4-7)12-10(16-2)14-13-9(11)15/h3-6H,1-2H3,(H,12,14)(H3,11,13,15). The van der Waals surface area contributed by atoms with Crippen LogP contribution in [0.3, 0.4) is 0 Å². The van der Waals surface area contributed by atoms with Crippen LogP contribution >= 0.6 is 11.8 Å². The van der Waals surface area contributed by atoms with E-state index in [1.54, 1.807) is 0 Å². The van der Waals surface area contributed by atoms with E-state index in [0.29, 0.717) is 5.17 Å². The number of urea groups is 1. The molecule has 0 aliphatic heterocycles. The SMILES string of the molecule is CSC(=Nc1ccc(C)cc1)NNC(N)=O. The number of hydrogen-bond acceptors (Lipinski definition) is 3. The topological polar surface area (TPSA) is 79.5 Å². The Morgan fingerprint density at radius 2 is 1.94 bits per heavy atom. The monoisotopic (exact) mass is 238 g/mol. The van der Waals surface area contributed by atoms with Crippen molar-refractivity contribution in [2.75, 3.05) is 6.26 Å². The van der Waals surface area contributed by atoms with Crippen LogP contribution in [0.5, 0.6) is 0 Å². The zero-order valence-electron chi connectivity index (χ0n) is 9.15. The molecule has 0 atom stereocenters. The normalized spacial score (nSPS) is 11.0. The Morgan fingerprint density at radius 3 is 2.44 bits per heavy atom. The van der Waals surface area contributed by atoms with Crippen molar-refractivity contribution in [3.8, 4) is 0 Å². The smallest absolute Gasteiger partial charge is 0.330 e. The molecule has 0 heterocycles. The molecule has 0 unspecified atom stereocenters. The van der Waals surface area contributed by atoms with E-state index in [0.717, 1.165) is 5.69 Å². The Balaban J connectivity index is 2.71. The summed E-state index contributed by atoms with van der Waals surface area (Å²) in [4.78, 5) is 14.8. The Labute approximate surface area is 98.5 Å². The zero-order valence-corrected chi connectivity index (χ0v) is 9.97. The lowest BCUT2D eigenvalue weighted by atomic mass is 10.2. The number of rotatable bonds is 1. The Kier molecular flexibility index (Phi) is 4.65. The number of amidine groups is 1. The maximum absolute atomic E-state index is 10.5. The van der Waals surface area contributed by atoms with E-state index in [2.05, 4.69) is 15.8 Å². The van der Waals surface area contributed by atoms with E-state index >= 15 is 0 Å². The summed E-state index contributed by atoms with van der Waals surface area (Å²) in [6.45, 7) is 2.01. The molecule has 0 aromatic heterocycles. The quantitative estimate of drug-likeness (QED) is 0.394. The van der Waals surface area contributed by atoms with Gasteiger partial charge in [0, 0.05) is 0 Å². The predicted molar refractivity (Wildman–Crippen MR) is 67.6 cm³/mol. The van der Waals surface area contributed by atoms with Gasteiger partial charge in [-0.25, -0.2) is 9.79 Å². The molecule has 16 heavy (non-hydrogen) atoms. The van der Waals surface area contributed by atoms with Crippen LogP contribution in [0.1, 0.15) is 5.56 Å². The molecule has 0 radical (unpaired) electrons. The number of hydrazine groups is 1. The van der Waals surface area contributed by atoms with E-state index in [4.69, 9.17) is 5.73 Å². The summed E-state index contributed by atoms with van der Waals surface area (Å²) in [7, 11) is 0. The highest BCUT2D eigenvalue weighted by Crippen LogP contribution is 2.14. The Morgan fingerprint density at radius 1 is 1.31 bits per heavy atom. The molecule has 0 aliphatic carbocycles. The lowest BCUT2D eigenvalue weighted by Gasteiger charge is -2.06. The molecule has 4 N–H and O–H groups in total. The fourth-order valence-corrected chi connectivity index (χ4v) is 1.33. The molecule has 1 aromatic rings. The lowest BCUT2D eigenvalue weighted by molar-refractivity contribution is 0.247. The highest BCUT2D eigenvalue weighted by molar-refractivity contribution is 8.13. The third kappa shape index (κ3) is 4.22. The van der Waals surface area contributed by atoms with Gasteiger partial charge in [-0.3, -0.25) is 10.9 Å². The number of amides is 2. The summed E-state index contributed by atoms with van der Waals surface area (Å²) >= 11 is 1.38. The van der Waals surface area contributed by atoms with Crippen molar-refractivity contribution in [2.45, 2.75) is 6.92 Å². The second-order valence-electron chi connectivity index (χ2n) is 3.07. The Hall–Kier alpha value is -1.69. The summed E-state index contributed by atoms with van der Waals surface area (Å²) < 4.78 is 0. The first-order valence-corrected chi connectivity index (χ1v) is 5.85. The van der Waals surface area contributed by atoms with Crippen molar-refractivity contribution in [3.63, 3.8) is 0 Å². The van der Waals surface area contributed by atoms with Gasteiger partial charge in [0.15, 0.2) is 5.17 Å². The van der Waals surface area contributed by atoms with Gasteiger partial charge in [0.1, 0.15) is 0 Å². The largest absolute Gasteiger partial charge is 0.350 e. The molecule has 1 rings (SSSR count). The van der Waals surface area contributed by atoms with Crippen LogP contribution in [-0.4, -0.2) is 17.5 Å². The molecule has 5 nitrogen and oxygen atoms in total. The predicted octanol–water partition coefficient (Wildman–Crippen LogP) is 1.52. The average Bonchev–Trinajstić information content (AvgIpc) is 2.26. The van der Waals surface area contributed by atoms with Gasteiger partial charge >= 0.3 is 6.03 Å². The van der Waals surface area contributed by atoms with E-state index in [1.165, 1.54) is 17.3 Å². The summed E-state index contributed by atoms with van der Waals surface area (Å²) in [6, 6.07) is 7.09. The number of primary amides is 1. The van der Waals surface area contributed by atoms with Gasteiger partial charge in [0.25, 0.3) is 0 Å². The molecule has 2 amide bonds. The minimum atomic E-state index is -0.648. The van der Waals surface area contributed by atoms with Crippen LogP contribution in [0.2, 0.25) is 0 Å². The fraction of sp³-hybridized carbons (Fsp3) is 0.200. The van der Waals surface area contributed by atoms with Crippen molar-refractivity contribution in [2.24, 2.45) is 10.7 Å². The van der Waals surface area contributed by atoms with Gasteiger partial charge in [-0.2, -0.15) is 0 Å². The second kappa shape index (κ2) is 6.02. The molecular formula is C10H14N4OS. The van der Waals surface area contributed by atoms with Crippen LogP contribution in [-0.2, 0) is 0 Å². The minimum Gasteiger partial charge on any atom is -0.350 e. The van der Waals surface area contributed by atoms with Crippen LogP contribution in [0.4, 0.5) is 10.5 Å². The molecule has 0 saturated heterocycles. The third-order valence-electron chi connectivity index (χ3n) is 1.75. The molecule has 1 aromatic carbocycles. The summed E-state index contributed by atoms with van der Waals surface area (Å²) in [5.74, 6) is 0. The maximum Gasteiger partial charge on any atom is 0.330 e. The van der Waals surface area contributed by atoms with Gasteiger partial charge in [0.05, 0.1) is 5.69 Å². The summed E-state index contributed by atoms with van der Waals surface area (Å²) in [6.07, 6.45) is 1.85. The first-order chi connectivity index (χ1) is 7.61. The van der Waals surface area contributed by atoms with Crippen LogP contribution < -0.4 is 16.6 Å². The van der Waals surface area contributed by atoms with Crippen molar-refractivity contribution in [1.29, 1.82) is 0 Å². The van der Waals surface area contributed by atoms with Crippen LogP contribution in [0.25, 0.3) is 0 Å². The molecule has 86 valence electrons. The van der Waals surface area contributed by atoms with E-state index in [9.17, 15) is 4.79 Å². The molecular weight excluding hydrogens is 224 g/mol. The number of benzene rings is 1. The Bertz CT molecular complexity index is 388. The van der Waals surface area contributed by atoms with Gasteiger partial charge in [-0.05, 0) is 25.3 Å². The number of hydrogen-bond donors (Lipinski definition) is 3. The van der Waals surface area contributed by atoms with Crippen molar-refractivity contribution in [1.82, 2.24) is 10.9 Å². The number of aliphatic imine (C=N–C) groups is 1. The van der Waals surface area contributed by atoms with Crippen molar-refractivity contribution < 1.29 is 4.79 Å². The van der Waals surface area contributed by atoms with Crippen molar-refractivity contribution >= 4 is 28.6 Å². The molecule has 0 saturated carbocycles. The maximum atomic E-state index is 10.5. The van der Waals surface area contributed by atoms with Gasteiger partial charge in [0.2, 0.25) is 0 Å². The first kappa shape index (κ1) is 12.4. The van der Waals surface area contributed by atoms with E-state index in [-0.39, 0.29) is 0 Å². The lowest BCUT2D eigenvalue weighted by Crippen LogP contribution is -2.43. The van der Waals surface area contributed by atoms with Crippen LogP contribution in [0.15, 0.2) is 29.3 Å². The van der Waals surface area contributed by atoms with E-state index in [1.807, 2.05) is 37.4 Å². The molecule has 0 fully saturated rings. The first-order valence-electron chi connectivity index (χ1n) is 4.62. The third-order valence-corrected chi connectivity index (χ3v) is 2.33. The van der Waals surface area contributed by atoms with Crippen LogP contribution in [0, 0.1) is 6.92 Å². The minimum absolute atomic E-state index is 0.572. The molecule has 6 heteroatoms. The van der Waals surface area contributed by atoms with Gasteiger partial charge in [-0.15, -0.1) is 0 Å². The summed E-state index contributed by atoms with van der Waals surface area (Å²) in [5, 5.41) is 0.572. The highest BCUT2D eigenvalue weighted by Gasteiger charge is 1.98. The number of aryl methyl sites for hydroxylation is 1. The van der Waals surface area contributed by atoms with Gasteiger partial charge in [-0.1, -0.05) is 29.5 Å². The van der Waals surface area contributed by atoms with Crippen molar-refractivity contribution in [3.05, 3.63) is 29.8 Å². The highest BCUT2D eigenvalue weighted by atomic mass is 32.2. The number of nitrogens with two attached hydrogens (primary N) is 1. The number of thioether (sulfide) groups is 1. The fourth-order valence-electron chi connectivity index (χ4n) is 0.976. The number of carbonyl (C=O) groups is 1. The molecule has 0 spiro atoms. The number of carbonyl (C=O) groups excluding carboxylic acids is 1. The number of nitrogens with zero attached hydrogens (tertiary/aromatic N) is 1.